The van der Waals surface area contributed by atoms with Crippen LogP contribution in [0.25, 0.3) is 0 Å². The lowest BCUT2D eigenvalue weighted by molar-refractivity contribution is 0.551. The Morgan fingerprint density at radius 2 is 2.00 bits per heavy atom. The summed E-state index contributed by atoms with van der Waals surface area (Å²) < 4.78 is 1.97. The lowest BCUT2D eigenvalue weighted by Crippen LogP contribution is -2.19. The summed E-state index contributed by atoms with van der Waals surface area (Å²) in [6.45, 7) is 9.00. The maximum atomic E-state index is 6.22. The Morgan fingerprint density at radius 1 is 1.24 bits per heavy atom. The highest BCUT2D eigenvalue weighted by Crippen LogP contribution is 2.22. The van der Waals surface area contributed by atoms with Crippen LogP contribution in [0.5, 0.6) is 0 Å². The van der Waals surface area contributed by atoms with Crippen molar-refractivity contribution < 1.29 is 0 Å². The van der Waals surface area contributed by atoms with Gasteiger partial charge in [0, 0.05) is 27.8 Å². The van der Waals surface area contributed by atoms with Crippen molar-refractivity contribution in [1.29, 1.82) is 0 Å². The monoisotopic (exact) mass is 325 g/mol. The number of halogens is 2. The molecule has 1 aromatic carbocycles. The molecule has 0 fully saturated rings. The first-order chi connectivity index (χ1) is 9.97. The van der Waals surface area contributed by atoms with E-state index >= 15 is 0 Å². The number of benzene rings is 1. The molecule has 1 N–H and O–H groups in total. The fourth-order valence-electron chi connectivity index (χ4n) is 2.12. The van der Waals surface area contributed by atoms with Crippen molar-refractivity contribution in [3.8, 4) is 0 Å². The van der Waals surface area contributed by atoms with Crippen LogP contribution in [0.15, 0.2) is 24.4 Å². The first-order valence-electron chi connectivity index (χ1n) is 7.13. The van der Waals surface area contributed by atoms with Gasteiger partial charge >= 0.3 is 0 Å². The second-order valence-corrected chi connectivity index (χ2v) is 6.52. The second-order valence-electron chi connectivity index (χ2n) is 5.67. The molecule has 3 nitrogen and oxygen atoms in total. The molecule has 0 aliphatic heterocycles. The second kappa shape index (κ2) is 7.30. The topological polar surface area (TPSA) is 29.9 Å². The van der Waals surface area contributed by atoms with Gasteiger partial charge in [-0.15, -0.1) is 0 Å². The predicted octanol–water partition coefficient (Wildman–Crippen LogP) is 4.29. The van der Waals surface area contributed by atoms with Crippen LogP contribution in [0, 0.1) is 12.8 Å². The van der Waals surface area contributed by atoms with Crippen LogP contribution < -0.4 is 5.32 Å². The molecular formula is C16H21Cl2N3. The van der Waals surface area contributed by atoms with Crippen molar-refractivity contribution in [2.75, 3.05) is 6.54 Å². The molecule has 0 saturated heterocycles. The Morgan fingerprint density at radius 3 is 2.67 bits per heavy atom. The van der Waals surface area contributed by atoms with Gasteiger partial charge in [0.05, 0.1) is 12.7 Å². The molecule has 0 saturated carbocycles. The van der Waals surface area contributed by atoms with Gasteiger partial charge in [0.25, 0.3) is 0 Å². The summed E-state index contributed by atoms with van der Waals surface area (Å²) in [5.41, 5.74) is 3.41. The number of rotatable bonds is 6. The van der Waals surface area contributed by atoms with Crippen LogP contribution >= 0.6 is 23.2 Å². The standard InChI is InChI=1S/C16H21Cl2N3/c1-11(2)7-19-8-14-9-20-21(12(14)3)10-13-4-5-15(17)6-16(13)18/h4-6,9,11,19H,7-8,10H2,1-3H3. The van der Waals surface area contributed by atoms with Crippen molar-refractivity contribution >= 4 is 23.2 Å². The first kappa shape index (κ1) is 16.3. The van der Waals surface area contributed by atoms with E-state index in [0.717, 1.165) is 24.3 Å². The van der Waals surface area contributed by atoms with Crippen LogP contribution in [-0.2, 0) is 13.1 Å². The van der Waals surface area contributed by atoms with E-state index in [4.69, 9.17) is 23.2 Å². The highest BCUT2D eigenvalue weighted by molar-refractivity contribution is 6.35. The summed E-state index contributed by atoms with van der Waals surface area (Å²) in [6, 6.07) is 5.57. The van der Waals surface area contributed by atoms with Gasteiger partial charge in [0.2, 0.25) is 0 Å². The lowest BCUT2D eigenvalue weighted by atomic mass is 10.2. The third-order valence-electron chi connectivity index (χ3n) is 3.41. The molecule has 0 amide bonds. The number of nitrogens with zero attached hydrogens (tertiary/aromatic N) is 2. The average Bonchev–Trinajstić information content (AvgIpc) is 2.74. The molecule has 2 aromatic rings. The predicted molar refractivity (Wildman–Crippen MR) is 89.1 cm³/mol. The maximum Gasteiger partial charge on any atom is 0.0677 e. The van der Waals surface area contributed by atoms with Gasteiger partial charge in [-0.25, -0.2) is 0 Å². The molecule has 114 valence electrons. The lowest BCUT2D eigenvalue weighted by Gasteiger charge is -2.09. The molecule has 0 aliphatic rings. The molecule has 21 heavy (non-hydrogen) atoms. The van der Waals surface area contributed by atoms with E-state index < -0.39 is 0 Å². The number of nitrogens with one attached hydrogen (secondary N) is 1. The summed E-state index contributed by atoms with van der Waals surface area (Å²) in [7, 11) is 0. The van der Waals surface area contributed by atoms with Crippen LogP contribution in [0.1, 0.15) is 30.7 Å². The maximum absolute atomic E-state index is 6.22. The van der Waals surface area contributed by atoms with E-state index in [0.29, 0.717) is 22.5 Å². The summed E-state index contributed by atoms with van der Waals surface area (Å²) in [5.74, 6) is 0.647. The summed E-state index contributed by atoms with van der Waals surface area (Å²) in [5, 5.41) is 9.23. The Hall–Kier alpha value is -1.03. The van der Waals surface area contributed by atoms with Crippen LogP contribution in [0.2, 0.25) is 10.0 Å². The van der Waals surface area contributed by atoms with E-state index in [2.05, 4.69) is 31.2 Å². The zero-order valence-corrected chi connectivity index (χ0v) is 14.2. The van der Waals surface area contributed by atoms with Crippen molar-refractivity contribution in [2.24, 2.45) is 5.92 Å². The summed E-state index contributed by atoms with van der Waals surface area (Å²) in [4.78, 5) is 0. The number of aromatic nitrogens is 2. The summed E-state index contributed by atoms with van der Waals surface area (Å²) >= 11 is 12.1. The molecule has 0 bridgehead atoms. The van der Waals surface area contributed by atoms with Gasteiger partial charge in [-0.1, -0.05) is 43.1 Å². The van der Waals surface area contributed by atoms with E-state index in [1.165, 1.54) is 5.56 Å². The molecule has 0 atom stereocenters. The number of hydrogen-bond donors (Lipinski definition) is 1. The minimum Gasteiger partial charge on any atom is -0.312 e. The third kappa shape index (κ3) is 4.47. The fraction of sp³-hybridized carbons (Fsp3) is 0.438. The first-order valence-corrected chi connectivity index (χ1v) is 7.89. The van der Waals surface area contributed by atoms with E-state index in [1.807, 2.05) is 23.0 Å². The van der Waals surface area contributed by atoms with Crippen LogP contribution in [0.3, 0.4) is 0 Å². The van der Waals surface area contributed by atoms with Crippen molar-refractivity contribution in [3.05, 3.63) is 51.3 Å². The normalized spacial score (nSPS) is 11.3. The highest BCUT2D eigenvalue weighted by atomic mass is 35.5. The molecule has 0 aliphatic carbocycles. The minimum atomic E-state index is 0.647. The fourth-order valence-corrected chi connectivity index (χ4v) is 2.59. The van der Waals surface area contributed by atoms with Crippen molar-refractivity contribution in [1.82, 2.24) is 15.1 Å². The molecule has 0 radical (unpaired) electrons. The van der Waals surface area contributed by atoms with Crippen LogP contribution in [-0.4, -0.2) is 16.3 Å². The Bertz CT molecular complexity index is 606. The molecule has 1 heterocycles. The SMILES string of the molecule is Cc1c(CNCC(C)C)cnn1Cc1ccc(Cl)cc1Cl. The third-order valence-corrected chi connectivity index (χ3v) is 4.00. The highest BCUT2D eigenvalue weighted by Gasteiger charge is 2.09. The molecule has 2 rings (SSSR count). The van der Waals surface area contributed by atoms with E-state index in [9.17, 15) is 0 Å². The van der Waals surface area contributed by atoms with E-state index in [1.54, 1.807) is 6.07 Å². The smallest absolute Gasteiger partial charge is 0.0677 e. The van der Waals surface area contributed by atoms with Crippen molar-refractivity contribution in [3.63, 3.8) is 0 Å². The van der Waals surface area contributed by atoms with Gasteiger partial charge in [-0.3, -0.25) is 4.68 Å². The van der Waals surface area contributed by atoms with Gasteiger partial charge < -0.3 is 5.32 Å². The zero-order valence-electron chi connectivity index (χ0n) is 12.7. The number of hydrogen-bond acceptors (Lipinski definition) is 2. The van der Waals surface area contributed by atoms with Gasteiger partial charge in [-0.05, 0) is 37.1 Å². The Balaban J connectivity index is 2.06. The van der Waals surface area contributed by atoms with Gasteiger partial charge in [-0.2, -0.15) is 5.10 Å². The van der Waals surface area contributed by atoms with Gasteiger partial charge in [0.15, 0.2) is 0 Å². The minimum absolute atomic E-state index is 0.647. The van der Waals surface area contributed by atoms with E-state index in [-0.39, 0.29) is 0 Å². The van der Waals surface area contributed by atoms with Crippen molar-refractivity contribution in [2.45, 2.75) is 33.9 Å². The molecule has 1 aromatic heterocycles. The molecule has 5 heteroatoms. The quantitative estimate of drug-likeness (QED) is 0.858. The Labute approximate surface area is 136 Å². The zero-order chi connectivity index (χ0) is 15.4. The van der Waals surface area contributed by atoms with Gasteiger partial charge in [0.1, 0.15) is 0 Å². The van der Waals surface area contributed by atoms with Crippen LogP contribution in [0.4, 0.5) is 0 Å². The molecular weight excluding hydrogens is 305 g/mol. The largest absolute Gasteiger partial charge is 0.312 e. The molecule has 0 unspecified atom stereocenters. The summed E-state index contributed by atoms with van der Waals surface area (Å²) in [6.07, 6.45) is 1.92. The molecule has 0 spiro atoms. The Kier molecular flexibility index (Phi) is 5.68. The average molecular weight is 326 g/mol.